The number of nitrogens with zero attached hydrogens (tertiary/aromatic N) is 2. The molecule has 0 fully saturated rings. The molecular weight excluding hydrogens is 1000 g/mol. The Bertz CT molecular complexity index is 1740. The quantitative estimate of drug-likeness (QED) is 0.0193. The summed E-state index contributed by atoms with van der Waals surface area (Å²) in [4.78, 5) is 53.9. The molecular formula is C67H115Li2N3O7S-4. The molecule has 0 aliphatic carbocycles. The van der Waals surface area contributed by atoms with Crippen LogP contribution in [0.15, 0.2) is 24.3 Å². The molecule has 13 heteroatoms. The molecule has 452 valence electrons. The van der Waals surface area contributed by atoms with Crippen molar-refractivity contribution in [2.45, 2.75) is 285 Å². The van der Waals surface area contributed by atoms with Gasteiger partial charge < -0.3 is 67.5 Å². The number of aromatic nitrogens is 2. The standard InChI is InChI=1S/C19H22N3OS.3C15H29O2.C3H6.2Li/c1-3-5-6-12-15(23)21-19-17-18(24-16(22-17)9-4-2)13-10-7-8-11-14(13)20-19;3*1-3-5-6-7-8-9-10-11-12-13-14-17-15(16)4-2;1-3-2;;/h7-8,10-11H,1,3-6,9,12H2,2H3,(H,20,21,23);3*2-14H2,1H3;1-3H2;;/q4*-1;-2;2*+1. The molecule has 1 amide bonds. The molecule has 0 atom stereocenters. The number of ether oxygens (including phenoxy) is 3. The summed E-state index contributed by atoms with van der Waals surface area (Å²) in [5.74, 6) is 0.0438. The predicted octanol–water partition coefficient (Wildman–Crippen LogP) is 14.2. The number of amides is 1. The smallest absolute Gasteiger partial charge is 0.468 e. The number of aryl methyl sites for hydroxylation is 1. The number of anilines is 1. The van der Waals surface area contributed by atoms with E-state index in [1.54, 1.807) is 11.3 Å². The summed E-state index contributed by atoms with van der Waals surface area (Å²) in [5.41, 5.74) is 1.71. The SMILES string of the molecule is [CH2-]CC(=O)OCCCCCCCCCCCC.[CH2-]CC(=O)OCCCCCCCCCCCC.[CH2-]CC(=O)OCCCCCCCCCCCC.[CH2-]CCCCC(=O)Nc1nc2ccccc2c2sc(CCC)nc12.[CH2-]C[CH2-].[Li+].[Li+]. The van der Waals surface area contributed by atoms with E-state index in [0.29, 0.717) is 32.1 Å². The Balaban J connectivity index is -0.000000476. The second-order valence-electron chi connectivity index (χ2n) is 20.2. The van der Waals surface area contributed by atoms with Crippen molar-refractivity contribution in [3.8, 4) is 0 Å². The number of pyridine rings is 1. The summed E-state index contributed by atoms with van der Waals surface area (Å²) in [5, 5.41) is 5.16. The second kappa shape index (κ2) is 65.7. The van der Waals surface area contributed by atoms with Crippen molar-refractivity contribution >= 4 is 62.1 Å². The fourth-order valence-corrected chi connectivity index (χ4v) is 9.45. The van der Waals surface area contributed by atoms with Gasteiger partial charge in [-0.05, 0) is 44.6 Å². The number of hydrogen-bond donors (Lipinski definition) is 1. The van der Waals surface area contributed by atoms with Gasteiger partial charge in [0.2, 0.25) is 5.91 Å². The molecule has 3 rings (SSSR count). The van der Waals surface area contributed by atoms with E-state index in [-0.39, 0.29) is 80.8 Å². The average Bonchev–Trinajstić information content (AvgIpc) is 3.88. The molecule has 0 saturated heterocycles. The molecule has 0 unspecified atom stereocenters. The number of carbonyl (C=O) groups excluding carboxylic acids is 4. The Morgan fingerprint density at radius 3 is 1.15 bits per heavy atom. The van der Waals surface area contributed by atoms with Gasteiger partial charge in [0, 0.05) is 11.8 Å². The second-order valence-corrected chi connectivity index (χ2v) is 21.3. The molecule has 0 aliphatic rings. The van der Waals surface area contributed by atoms with Crippen molar-refractivity contribution in [2.75, 3.05) is 25.1 Å². The first-order valence-corrected chi connectivity index (χ1v) is 32.1. The number of hydrogen-bond acceptors (Lipinski definition) is 10. The number of nitrogens with one attached hydrogen (secondary N) is 1. The first-order chi connectivity index (χ1) is 38.1. The zero-order chi connectivity index (χ0) is 58.0. The van der Waals surface area contributed by atoms with Crippen LogP contribution in [-0.2, 0) is 39.8 Å². The maximum atomic E-state index is 12.2. The van der Waals surface area contributed by atoms with E-state index >= 15 is 0 Å². The minimum atomic E-state index is -0.180. The molecule has 10 nitrogen and oxygen atoms in total. The number of fused-ring (bicyclic) bond motifs is 3. The Labute approximate surface area is 520 Å². The van der Waals surface area contributed by atoms with Crippen LogP contribution in [0.1, 0.15) is 283 Å². The predicted molar refractivity (Wildman–Crippen MR) is 335 cm³/mol. The number of benzene rings is 1. The molecule has 0 saturated carbocycles. The van der Waals surface area contributed by atoms with E-state index in [4.69, 9.17) is 19.2 Å². The third-order valence-corrected chi connectivity index (χ3v) is 13.9. The van der Waals surface area contributed by atoms with E-state index in [0.717, 1.165) is 83.9 Å². The van der Waals surface area contributed by atoms with Crippen LogP contribution < -0.4 is 43.0 Å². The Morgan fingerprint density at radius 2 is 0.812 bits per heavy atom. The minimum absolute atomic E-state index is 0. The monoisotopic (exact) mass is 1120 g/mol. The van der Waals surface area contributed by atoms with Crippen LogP contribution in [0.25, 0.3) is 21.1 Å². The molecule has 0 aliphatic heterocycles. The maximum Gasteiger partial charge on any atom is 1.00 e. The van der Waals surface area contributed by atoms with E-state index in [2.05, 4.69) is 85.6 Å². The van der Waals surface area contributed by atoms with Gasteiger partial charge >= 0.3 is 37.7 Å². The topological polar surface area (TPSA) is 134 Å². The fraction of sp³-hybridized carbons (Fsp3) is 0.701. The summed E-state index contributed by atoms with van der Waals surface area (Å²) in [7, 11) is 0. The van der Waals surface area contributed by atoms with E-state index in [9.17, 15) is 19.2 Å². The molecule has 0 spiro atoms. The van der Waals surface area contributed by atoms with Crippen LogP contribution in [0.4, 0.5) is 5.82 Å². The number of thiazole rings is 1. The van der Waals surface area contributed by atoms with Crippen molar-refractivity contribution in [1.82, 2.24) is 9.97 Å². The van der Waals surface area contributed by atoms with Crippen LogP contribution in [0.2, 0.25) is 0 Å². The van der Waals surface area contributed by atoms with Crippen LogP contribution in [0, 0.1) is 41.5 Å². The molecule has 1 N–H and O–H groups in total. The third kappa shape index (κ3) is 52.4. The third-order valence-electron chi connectivity index (χ3n) is 12.8. The van der Waals surface area contributed by atoms with Crippen molar-refractivity contribution in [2.24, 2.45) is 0 Å². The fourth-order valence-electron chi connectivity index (χ4n) is 8.25. The number of esters is 3. The average molecular weight is 1120 g/mol. The van der Waals surface area contributed by atoms with Crippen LogP contribution >= 0.6 is 11.3 Å². The van der Waals surface area contributed by atoms with Gasteiger partial charge in [-0.25, -0.2) is 9.97 Å². The number of carbonyl (C=O) groups is 4. The van der Waals surface area contributed by atoms with E-state index < -0.39 is 0 Å². The van der Waals surface area contributed by atoms with Gasteiger partial charge in [0.25, 0.3) is 17.9 Å². The van der Waals surface area contributed by atoms with Crippen LogP contribution in [-0.4, -0.2) is 53.6 Å². The molecule has 0 bridgehead atoms. The Morgan fingerprint density at radius 1 is 0.463 bits per heavy atom. The minimum Gasteiger partial charge on any atom is -0.468 e. The molecule has 3 aromatic rings. The maximum absolute atomic E-state index is 12.2. The normalized spacial score (nSPS) is 10.3. The summed E-state index contributed by atoms with van der Waals surface area (Å²) in [6, 6.07) is 8.03. The van der Waals surface area contributed by atoms with Crippen molar-refractivity contribution in [3.05, 3.63) is 70.8 Å². The summed E-state index contributed by atoms with van der Waals surface area (Å²) in [6.45, 7) is 31.6. The Hall–Kier alpha value is -2.41. The first-order valence-electron chi connectivity index (χ1n) is 31.3. The summed E-state index contributed by atoms with van der Waals surface area (Å²) < 4.78 is 16.0. The molecule has 2 heterocycles. The van der Waals surface area contributed by atoms with Gasteiger partial charge in [0.1, 0.15) is 5.52 Å². The summed E-state index contributed by atoms with van der Waals surface area (Å²) in [6.07, 6.45) is 45.8. The van der Waals surface area contributed by atoms with Gasteiger partial charge in [-0.3, -0.25) is 19.2 Å². The Kier molecular flexibility index (Phi) is 69.1. The van der Waals surface area contributed by atoms with Gasteiger partial charge in [-0.15, -0.1) is 11.3 Å². The van der Waals surface area contributed by atoms with E-state index in [1.165, 1.54) is 173 Å². The molecule has 2 aromatic heterocycles. The molecule has 0 radical (unpaired) electrons. The van der Waals surface area contributed by atoms with Crippen molar-refractivity contribution in [1.29, 1.82) is 0 Å². The number of unbranched alkanes of at least 4 members (excludes halogenated alkanes) is 29. The van der Waals surface area contributed by atoms with Crippen LogP contribution in [0.5, 0.6) is 0 Å². The zero-order valence-corrected chi connectivity index (χ0v) is 53.4. The largest absolute Gasteiger partial charge is 1.00 e. The van der Waals surface area contributed by atoms with Crippen molar-refractivity contribution in [3.63, 3.8) is 0 Å². The molecule has 1 aromatic carbocycles. The van der Waals surface area contributed by atoms with Gasteiger partial charge in [-0.1, -0.05) is 245 Å². The molecule has 80 heavy (non-hydrogen) atoms. The van der Waals surface area contributed by atoms with Crippen molar-refractivity contribution < 1.29 is 71.1 Å². The van der Waals surface area contributed by atoms with Gasteiger partial charge in [-0.2, -0.15) is 6.42 Å². The van der Waals surface area contributed by atoms with Crippen LogP contribution in [0.3, 0.4) is 0 Å². The number of para-hydroxylation sites is 1. The number of rotatable bonds is 43. The first kappa shape index (κ1) is 84.0. The zero-order valence-electron chi connectivity index (χ0n) is 52.6. The van der Waals surface area contributed by atoms with E-state index in [1.807, 2.05) is 18.2 Å². The van der Waals surface area contributed by atoms with Gasteiger partial charge in [0.15, 0.2) is 5.82 Å². The van der Waals surface area contributed by atoms with Gasteiger partial charge in [0.05, 0.1) is 35.0 Å². The summed E-state index contributed by atoms with van der Waals surface area (Å²) >= 11 is 1.70.